The van der Waals surface area contributed by atoms with Gasteiger partial charge in [-0.3, -0.25) is 4.79 Å². The van der Waals surface area contributed by atoms with Gasteiger partial charge in [-0.1, -0.05) is 18.2 Å². The van der Waals surface area contributed by atoms with Gasteiger partial charge in [-0.15, -0.1) is 0 Å². The fourth-order valence-corrected chi connectivity index (χ4v) is 1.94. The molecule has 1 amide bonds. The molecule has 1 heterocycles. The van der Waals surface area contributed by atoms with Crippen LogP contribution in [0.5, 0.6) is 0 Å². The van der Waals surface area contributed by atoms with Gasteiger partial charge in [-0.2, -0.15) is 0 Å². The van der Waals surface area contributed by atoms with Crippen molar-refractivity contribution in [2.75, 3.05) is 5.32 Å². The van der Waals surface area contributed by atoms with Crippen LogP contribution in [0.25, 0.3) is 11.3 Å². The highest BCUT2D eigenvalue weighted by atomic mass is 19.1. The molecule has 0 atom stereocenters. The van der Waals surface area contributed by atoms with Crippen LogP contribution in [0.4, 0.5) is 10.1 Å². The van der Waals surface area contributed by atoms with Crippen molar-refractivity contribution < 1.29 is 13.6 Å². The number of nitrogens with one attached hydrogen (secondary N) is 1. The Morgan fingerprint density at radius 2 is 1.62 bits per heavy atom. The predicted molar refractivity (Wildman–Crippen MR) is 78.5 cm³/mol. The first-order chi connectivity index (χ1) is 10.2. The first-order valence-electron chi connectivity index (χ1n) is 6.44. The molecule has 0 aliphatic rings. The molecule has 4 heteroatoms. The van der Waals surface area contributed by atoms with Crippen molar-refractivity contribution in [2.24, 2.45) is 0 Å². The van der Waals surface area contributed by atoms with E-state index in [1.165, 1.54) is 12.1 Å². The summed E-state index contributed by atoms with van der Waals surface area (Å²) in [5.74, 6) is 0.0910. The van der Waals surface area contributed by atoms with Crippen molar-refractivity contribution in [1.82, 2.24) is 0 Å². The molecule has 3 rings (SSSR count). The molecule has 1 N–H and O–H groups in total. The summed E-state index contributed by atoms with van der Waals surface area (Å²) in [6, 6.07) is 18.3. The lowest BCUT2D eigenvalue weighted by atomic mass is 10.2. The predicted octanol–water partition coefficient (Wildman–Crippen LogP) is 4.34. The van der Waals surface area contributed by atoms with E-state index in [1.54, 1.807) is 36.4 Å². The third-order valence-corrected chi connectivity index (χ3v) is 2.99. The number of halogens is 1. The van der Waals surface area contributed by atoms with Gasteiger partial charge in [-0.05, 0) is 48.5 Å². The van der Waals surface area contributed by atoms with Crippen LogP contribution in [0.3, 0.4) is 0 Å². The Morgan fingerprint density at radius 1 is 0.905 bits per heavy atom. The summed E-state index contributed by atoms with van der Waals surface area (Å²) in [6.45, 7) is 0. The van der Waals surface area contributed by atoms with Crippen molar-refractivity contribution in [1.29, 1.82) is 0 Å². The van der Waals surface area contributed by atoms with Crippen LogP contribution in [0.1, 0.15) is 10.6 Å². The molecule has 0 spiro atoms. The molecule has 0 bridgehead atoms. The number of anilines is 1. The van der Waals surface area contributed by atoms with Crippen LogP contribution in [-0.4, -0.2) is 5.91 Å². The van der Waals surface area contributed by atoms with Crippen LogP contribution >= 0.6 is 0 Å². The Bertz CT molecular complexity index is 748. The average molecular weight is 281 g/mol. The summed E-state index contributed by atoms with van der Waals surface area (Å²) in [6.07, 6.45) is 0. The topological polar surface area (TPSA) is 42.2 Å². The highest BCUT2D eigenvalue weighted by Crippen LogP contribution is 2.23. The quantitative estimate of drug-likeness (QED) is 0.776. The number of furan rings is 1. The van der Waals surface area contributed by atoms with Crippen LogP contribution < -0.4 is 5.32 Å². The van der Waals surface area contributed by atoms with E-state index < -0.39 is 0 Å². The Kier molecular flexibility index (Phi) is 3.51. The fourth-order valence-electron chi connectivity index (χ4n) is 1.94. The summed E-state index contributed by atoms with van der Waals surface area (Å²) >= 11 is 0. The first-order valence-corrected chi connectivity index (χ1v) is 6.44. The number of para-hydroxylation sites is 1. The van der Waals surface area contributed by atoms with Gasteiger partial charge in [-0.25, -0.2) is 4.39 Å². The fraction of sp³-hybridized carbons (Fsp3) is 0. The van der Waals surface area contributed by atoms with Gasteiger partial charge in [0, 0.05) is 11.3 Å². The Morgan fingerprint density at radius 3 is 2.33 bits per heavy atom. The van der Waals surface area contributed by atoms with Gasteiger partial charge in [0.2, 0.25) is 0 Å². The third-order valence-electron chi connectivity index (χ3n) is 2.99. The molecule has 104 valence electrons. The molecule has 0 saturated carbocycles. The van der Waals surface area contributed by atoms with Crippen LogP contribution in [0.2, 0.25) is 0 Å². The molecule has 0 radical (unpaired) electrons. The number of benzene rings is 2. The van der Waals surface area contributed by atoms with E-state index in [0.717, 1.165) is 5.56 Å². The smallest absolute Gasteiger partial charge is 0.291 e. The van der Waals surface area contributed by atoms with Crippen molar-refractivity contribution in [3.8, 4) is 11.3 Å². The molecule has 3 nitrogen and oxygen atoms in total. The lowest BCUT2D eigenvalue weighted by molar-refractivity contribution is 0.0997. The van der Waals surface area contributed by atoms with E-state index in [0.29, 0.717) is 11.4 Å². The minimum atomic E-state index is -0.324. The monoisotopic (exact) mass is 281 g/mol. The molecule has 2 aromatic carbocycles. The van der Waals surface area contributed by atoms with E-state index >= 15 is 0 Å². The molecular weight excluding hydrogens is 269 g/mol. The normalized spacial score (nSPS) is 10.3. The Labute approximate surface area is 121 Å². The molecule has 0 unspecified atom stereocenters. The molecule has 1 aromatic heterocycles. The summed E-state index contributed by atoms with van der Waals surface area (Å²) in [5, 5.41) is 2.74. The highest BCUT2D eigenvalue weighted by Gasteiger charge is 2.12. The first kappa shape index (κ1) is 13.1. The second-order valence-electron chi connectivity index (χ2n) is 4.49. The van der Waals surface area contributed by atoms with Crippen molar-refractivity contribution >= 4 is 11.6 Å². The molecule has 0 aliphatic carbocycles. The van der Waals surface area contributed by atoms with Gasteiger partial charge >= 0.3 is 0 Å². The SMILES string of the molecule is O=C(Nc1ccccc1)c1ccc(-c2ccc(F)cc2)o1. The minimum Gasteiger partial charge on any atom is -0.451 e. The van der Waals surface area contributed by atoms with E-state index in [2.05, 4.69) is 5.32 Å². The second kappa shape index (κ2) is 5.63. The molecule has 3 aromatic rings. The van der Waals surface area contributed by atoms with E-state index in [9.17, 15) is 9.18 Å². The van der Waals surface area contributed by atoms with Crippen molar-refractivity contribution in [2.45, 2.75) is 0 Å². The lowest BCUT2D eigenvalue weighted by Gasteiger charge is -2.02. The van der Waals surface area contributed by atoms with E-state index in [4.69, 9.17) is 4.42 Å². The van der Waals surface area contributed by atoms with Crippen LogP contribution in [-0.2, 0) is 0 Å². The van der Waals surface area contributed by atoms with Gasteiger partial charge in [0.15, 0.2) is 5.76 Å². The number of carbonyl (C=O) groups excluding carboxylic acids is 1. The van der Waals surface area contributed by atoms with Crippen LogP contribution in [0.15, 0.2) is 71.1 Å². The minimum absolute atomic E-state index is 0.207. The summed E-state index contributed by atoms with van der Waals surface area (Å²) in [4.78, 5) is 12.0. The Hall–Kier alpha value is -2.88. The zero-order chi connectivity index (χ0) is 14.7. The molecule has 21 heavy (non-hydrogen) atoms. The number of hydrogen-bond donors (Lipinski definition) is 1. The average Bonchev–Trinajstić information content (AvgIpc) is 2.99. The van der Waals surface area contributed by atoms with Gasteiger partial charge in [0.05, 0.1) is 0 Å². The molecule has 0 fully saturated rings. The number of carbonyl (C=O) groups is 1. The number of rotatable bonds is 3. The maximum atomic E-state index is 12.9. The van der Waals surface area contributed by atoms with E-state index in [-0.39, 0.29) is 17.5 Å². The summed E-state index contributed by atoms with van der Waals surface area (Å²) in [7, 11) is 0. The van der Waals surface area contributed by atoms with Crippen LogP contribution in [0, 0.1) is 5.82 Å². The molecular formula is C17H12FNO2. The van der Waals surface area contributed by atoms with Crippen molar-refractivity contribution in [3.63, 3.8) is 0 Å². The van der Waals surface area contributed by atoms with Gasteiger partial charge < -0.3 is 9.73 Å². The molecule has 0 aliphatic heterocycles. The zero-order valence-electron chi connectivity index (χ0n) is 11.0. The maximum Gasteiger partial charge on any atom is 0.291 e. The lowest BCUT2D eigenvalue weighted by Crippen LogP contribution is -2.10. The number of hydrogen-bond acceptors (Lipinski definition) is 2. The van der Waals surface area contributed by atoms with Gasteiger partial charge in [0.1, 0.15) is 11.6 Å². The number of amides is 1. The summed E-state index contributed by atoms with van der Waals surface area (Å²) < 4.78 is 18.4. The van der Waals surface area contributed by atoms with Crippen molar-refractivity contribution in [3.05, 3.63) is 78.3 Å². The standard InChI is InChI=1S/C17H12FNO2/c18-13-8-6-12(7-9-13)15-10-11-16(21-15)17(20)19-14-4-2-1-3-5-14/h1-11H,(H,19,20). The second-order valence-corrected chi connectivity index (χ2v) is 4.49. The Balaban J connectivity index is 1.78. The van der Waals surface area contributed by atoms with E-state index in [1.807, 2.05) is 18.2 Å². The maximum absolute atomic E-state index is 12.9. The largest absolute Gasteiger partial charge is 0.451 e. The summed E-state index contributed by atoms with van der Waals surface area (Å²) in [5.41, 5.74) is 1.41. The zero-order valence-corrected chi connectivity index (χ0v) is 11.0. The third kappa shape index (κ3) is 3.00. The highest BCUT2D eigenvalue weighted by molar-refractivity contribution is 6.02. The van der Waals surface area contributed by atoms with Gasteiger partial charge in [0.25, 0.3) is 5.91 Å². The molecule has 0 saturated heterocycles.